The number of hydrogen-bond donors (Lipinski definition) is 1. The highest BCUT2D eigenvalue weighted by Crippen LogP contribution is 2.15. The fourth-order valence-electron chi connectivity index (χ4n) is 0.986. The summed E-state index contributed by atoms with van der Waals surface area (Å²) >= 11 is 3.33. The molecule has 0 saturated heterocycles. The van der Waals surface area contributed by atoms with Gasteiger partial charge in [-0.2, -0.15) is 10.3 Å². The number of nitrogens with one attached hydrogen (secondary N) is 1. The normalized spacial score (nSPS) is 13.2. The maximum absolute atomic E-state index is 4.04. The van der Waals surface area contributed by atoms with E-state index in [1.165, 1.54) is 12.8 Å². The molecule has 1 heterocycles. The van der Waals surface area contributed by atoms with Crippen LogP contribution in [0, 0.1) is 5.92 Å². The van der Waals surface area contributed by atoms with E-state index in [4.69, 9.17) is 0 Å². The van der Waals surface area contributed by atoms with Crippen LogP contribution in [0.3, 0.4) is 0 Å². The Morgan fingerprint density at radius 3 is 2.75 bits per heavy atom. The molecule has 0 aromatic carbocycles. The summed E-state index contributed by atoms with van der Waals surface area (Å²) in [6, 6.07) is 0. The van der Waals surface area contributed by atoms with E-state index in [1.807, 2.05) is 0 Å². The first-order valence-electron chi connectivity index (χ1n) is 4.29. The number of hydrogen-bond acceptors (Lipinski definition) is 2. The van der Waals surface area contributed by atoms with Gasteiger partial charge in [-0.25, -0.2) is 0 Å². The molecule has 0 radical (unpaired) electrons. The van der Waals surface area contributed by atoms with Crippen molar-refractivity contribution in [2.45, 2.75) is 33.1 Å². The lowest BCUT2D eigenvalue weighted by molar-refractivity contribution is 0.512. The van der Waals surface area contributed by atoms with E-state index >= 15 is 0 Å². The lowest BCUT2D eigenvalue weighted by Gasteiger charge is -2.05. The molecule has 1 unspecified atom stereocenters. The fourth-order valence-corrected chi connectivity index (χ4v) is 1.35. The number of nitrogens with zero attached hydrogens (tertiary/aromatic N) is 2. The van der Waals surface area contributed by atoms with Gasteiger partial charge in [0.15, 0.2) is 4.60 Å². The average Bonchev–Trinajstić information content (AvgIpc) is 2.47. The minimum Gasteiger partial charge on any atom is -0.197 e. The maximum atomic E-state index is 4.04. The molecule has 0 bridgehead atoms. The summed E-state index contributed by atoms with van der Waals surface area (Å²) in [6.45, 7) is 4.47. The molecule has 0 amide bonds. The van der Waals surface area contributed by atoms with Gasteiger partial charge in [0.1, 0.15) is 0 Å². The Labute approximate surface area is 81.1 Å². The van der Waals surface area contributed by atoms with Crippen LogP contribution in [-0.4, -0.2) is 15.4 Å². The summed E-state index contributed by atoms with van der Waals surface area (Å²) in [5.41, 5.74) is 1.04. The lowest BCUT2D eigenvalue weighted by atomic mass is 10.0. The van der Waals surface area contributed by atoms with Crippen LogP contribution >= 0.6 is 15.9 Å². The Morgan fingerprint density at radius 1 is 1.50 bits per heavy atom. The van der Waals surface area contributed by atoms with Crippen LogP contribution in [0.25, 0.3) is 0 Å². The second-order valence-corrected chi connectivity index (χ2v) is 3.86. The molecule has 1 atom stereocenters. The summed E-state index contributed by atoms with van der Waals surface area (Å²) < 4.78 is 0.853. The zero-order valence-corrected chi connectivity index (χ0v) is 9.06. The lowest BCUT2D eigenvalue weighted by Crippen LogP contribution is -1.96. The van der Waals surface area contributed by atoms with Crippen molar-refractivity contribution in [1.82, 2.24) is 15.4 Å². The van der Waals surface area contributed by atoms with Gasteiger partial charge in [-0.3, -0.25) is 0 Å². The maximum Gasteiger partial charge on any atom is 0.151 e. The molecule has 0 aliphatic heterocycles. The third-order valence-corrected chi connectivity index (χ3v) is 2.78. The molecule has 0 spiro atoms. The minimum atomic E-state index is 0.772. The van der Waals surface area contributed by atoms with Crippen molar-refractivity contribution >= 4 is 15.9 Å². The first-order valence-corrected chi connectivity index (χ1v) is 5.08. The van der Waals surface area contributed by atoms with E-state index in [0.717, 1.165) is 22.6 Å². The Hall–Kier alpha value is -0.380. The molecule has 0 fully saturated rings. The Balaban J connectivity index is 2.38. The van der Waals surface area contributed by atoms with Gasteiger partial charge >= 0.3 is 0 Å². The third kappa shape index (κ3) is 2.59. The van der Waals surface area contributed by atoms with Crippen molar-refractivity contribution in [2.24, 2.45) is 5.92 Å². The summed E-state index contributed by atoms with van der Waals surface area (Å²) in [4.78, 5) is 0. The number of aromatic amines is 1. The Kier molecular flexibility index (Phi) is 3.72. The smallest absolute Gasteiger partial charge is 0.151 e. The van der Waals surface area contributed by atoms with E-state index < -0.39 is 0 Å². The first kappa shape index (κ1) is 9.71. The number of rotatable bonds is 4. The second-order valence-electron chi connectivity index (χ2n) is 3.11. The predicted octanol–water partition coefficient (Wildman–Crippen LogP) is 2.55. The van der Waals surface area contributed by atoms with E-state index in [9.17, 15) is 0 Å². The van der Waals surface area contributed by atoms with Gasteiger partial charge in [0.2, 0.25) is 0 Å². The zero-order chi connectivity index (χ0) is 8.97. The summed E-state index contributed by atoms with van der Waals surface area (Å²) in [5, 5.41) is 10.5. The standard InChI is InChI=1S/C8H14BrN3/c1-3-6(2)4-5-7-8(9)11-12-10-7/h6H,3-5H2,1-2H3,(H,10,11,12). The van der Waals surface area contributed by atoms with E-state index in [2.05, 4.69) is 45.2 Å². The highest BCUT2D eigenvalue weighted by atomic mass is 79.9. The van der Waals surface area contributed by atoms with E-state index in [1.54, 1.807) is 0 Å². The first-order chi connectivity index (χ1) is 5.74. The largest absolute Gasteiger partial charge is 0.197 e. The van der Waals surface area contributed by atoms with Gasteiger partial charge in [0, 0.05) is 0 Å². The summed E-state index contributed by atoms with van der Waals surface area (Å²) in [6.07, 6.45) is 3.42. The van der Waals surface area contributed by atoms with Crippen LogP contribution in [0.15, 0.2) is 4.60 Å². The van der Waals surface area contributed by atoms with Gasteiger partial charge < -0.3 is 0 Å². The Morgan fingerprint density at radius 2 is 2.25 bits per heavy atom. The van der Waals surface area contributed by atoms with E-state index in [-0.39, 0.29) is 0 Å². The predicted molar refractivity (Wildman–Crippen MR) is 51.9 cm³/mol. The van der Waals surface area contributed by atoms with Crippen LogP contribution in [0.5, 0.6) is 0 Å². The van der Waals surface area contributed by atoms with Crippen LogP contribution in [0.2, 0.25) is 0 Å². The van der Waals surface area contributed by atoms with Crippen molar-refractivity contribution in [3.05, 3.63) is 10.3 Å². The molecule has 1 aromatic heterocycles. The number of aromatic nitrogens is 3. The van der Waals surface area contributed by atoms with Crippen LogP contribution < -0.4 is 0 Å². The highest BCUT2D eigenvalue weighted by molar-refractivity contribution is 9.10. The summed E-state index contributed by atoms with van der Waals surface area (Å²) in [5.74, 6) is 0.772. The van der Waals surface area contributed by atoms with Crippen molar-refractivity contribution in [3.8, 4) is 0 Å². The highest BCUT2D eigenvalue weighted by Gasteiger charge is 2.06. The topological polar surface area (TPSA) is 41.6 Å². The SMILES string of the molecule is CCC(C)CCc1n[nH]nc1Br. The van der Waals surface area contributed by atoms with E-state index in [0.29, 0.717) is 0 Å². The van der Waals surface area contributed by atoms with Gasteiger partial charge in [0.05, 0.1) is 5.69 Å². The van der Waals surface area contributed by atoms with Crippen molar-refractivity contribution in [3.63, 3.8) is 0 Å². The second kappa shape index (κ2) is 4.60. The Bertz CT molecular complexity index is 234. The van der Waals surface area contributed by atoms with Crippen molar-refractivity contribution < 1.29 is 0 Å². The third-order valence-electron chi connectivity index (χ3n) is 2.14. The van der Waals surface area contributed by atoms with Crippen molar-refractivity contribution in [2.75, 3.05) is 0 Å². The molecule has 0 saturated carbocycles. The molecule has 0 aliphatic carbocycles. The molecule has 0 aliphatic rings. The molecule has 1 rings (SSSR count). The fraction of sp³-hybridized carbons (Fsp3) is 0.750. The molecule has 4 heteroatoms. The molecule has 12 heavy (non-hydrogen) atoms. The molecular formula is C8H14BrN3. The number of H-pyrrole nitrogens is 1. The number of aryl methyl sites for hydroxylation is 1. The average molecular weight is 232 g/mol. The van der Waals surface area contributed by atoms with Gasteiger partial charge in [0.25, 0.3) is 0 Å². The molecule has 3 nitrogen and oxygen atoms in total. The van der Waals surface area contributed by atoms with Crippen LogP contribution in [0.4, 0.5) is 0 Å². The van der Waals surface area contributed by atoms with Gasteiger partial charge in [-0.1, -0.05) is 20.3 Å². The zero-order valence-electron chi connectivity index (χ0n) is 7.47. The monoisotopic (exact) mass is 231 g/mol. The molecule has 68 valence electrons. The van der Waals surface area contributed by atoms with Gasteiger partial charge in [-0.05, 0) is 34.7 Å². The number of halogens is 1. The summed E-state index contributed by atoms with van der Waals surface area (Å²) in [7, 11) is 0. The van der Waals surface area contributed by atoms with Crippen molar-refractivity contribution in [1.29, 1.82) is 0 Å². The van der Waals surface area contributed by atoms with Gasteiger partial charge in [-0.15, -0.1) is 5.10 Å². The van der Waals surface area contributed by atoms with Crippen LogP contribution in [0.1, 0.15) is 32.4 Å². The minimum absolute atomic E-state index is 0.772. The molecule has 1 N–H and O–H groups in total. The quantitative estimate of drug-likeness (QED) is 0.866. The van der Waals surface area contributed by atoms with Crippen LogP contribution in [-0.2, 0) is 6.42 Å². The molecule has 1 aromatic rings. The molecular weight excluding hydrogens is 218 g/mol.